The third kappa shape index (κ3) is 5.18. The lowest BCUT2D eigenvalue weighted by Crippen LogP contribution is -2.67. The molecule has 6 rings (SSSR count). The summed E-state index contributed by atoms with van der Waals surface area (Å²) >= 11 is 0. The molecule has 4 aromatic rings. The smallest absolute Gasteiger partial charge is 0.261 e. The predicted octanol–water partition coefficient (Wildman–Crippen LogP) is 6.90. The maximum atomic E-state index is 14.6. The molecule has 2 heterocycles. The van der Waals surface area contributed by atoms with Crippen LogP contribution in [0.4, 0.5) is 0 Å². The van der Waals surface area contributed by atoms with Crippen LogP contribution in [0.5, 0.6) is 0 Å². The van der Waals surface area contributed by atoms with Gasteiger partial charge in [-0.3, -0.25) is 4.79 Å². The molecule has 2 aliphatic heterocycles. The zero-order valence-corrected chi connectivity index (χ0v) is 27.0. The Balaban J connectivity index is 1.42. The zero-order valence-electron chi connectivity index (χ0n) is 26.0. The molecule has 0 spiro atoms. The Labute approximate surface area is 257 Å². The molecule has 4 aromatic carbocycles. The van der Waals surface area contributed by atoms with E-state index in [-0.39, 0.29) is 23.1 Å². The third-order valence-corrected chi connectivity index (χ3v) is 14.5. The fourth-order valence-corrected chi connectivity index (χ4v) is 12.3. The molecule has 1 amide bonds. The van der Waals surface area contributed by atoms with Gasteiger partial charge in [0, 0.05) is 6.42 Å². The molecule has 222 valence electrons. The fourth-order valence-electron chi connectivity index (χ4n) is 7.73. The van der Waals surface area contributed by atoms with Crippen molar-refractivity contribution in [3.63, 3.8) is 0 Å². The highest BCUT2D eigenvalue weighted by Crippen LogP contribution is 2.54. The average molecular weight is 590 g/mol. The van der Waals surface area contributed by atoms with Crippen LogP contribution in [-0.2, 0) is 20.4 Å². The third-order valence-electron chi connectivity index (χ3n) is 9.48. The van der Waals surface area contributed by atoms with E-state index in [0.717, 1.165) is 5.56 Å². The molecule has 0 radical (unpaired) electrons. The Bertz CT molecular complexity index is 1500. The van der Waals surface area contributed by atoms with Crippen molar-refractivity contribution in [2.24, 2.45) is 5.41 Å². The van der Waals surface area contributed by atoms with E-state index in [2.05, 4.69) is 120 Å². The second kappa shape index (κ2) is 11.2. The van der Waals surface area contributed by atoms with Gasteiger partial charge in [0.15, 0.2) is 0 Å². The standard InChI is InChI=1S/C38H43NO3Si/c1-36(2,3)43(31-22-14-8-15-23-31,32-24-16-9-17-25-32)41-27-33-34(30-20-12-7-13-21-30)42-38(5)28-37(4,35(40)39(33)38)26-29-18-10-6-11-19-29/h6-25,33-34H,26-28H2,1-5H3/t33-,34-,37+,38+/m0/s1. The second-order valence-electron chi connectivity index (χ2n) is 13.7. The van der Waals surface area contributed by atoms with Gasteiger partial charge in [-0.15, -0.1) is 0 Å². The number of rotatable bonds is 8. The van der Waals surface area contributed by atoms with E-state index < -0.39 is 19.5 Å². The molecule has 4 atom stereocenters. The van der Waals surface area contributed by atoms with E-state index in [0.29, 0.717) is 19.4 Å². The molecular weight excluding hydrogens is 547 g/mol. The number of hydrogen-bond donors (Lipinski definition) is 0. The van der Waals surface area contributed by atoms with E-state index in [4.69, 9.17) is 9.16 Å². The summed E-state index contributed by atoms with van der Waals surface area (Å²) in [6.07, 6.45) is 1.03. The Morgan fingerprint density at radius 1 is 0.791 bits per heavy atom. The van der Waals surface area contributed by atoms with Gasteiger partial charge in [-0.2, -0.15) is 0 Å². The first-order chi connectivity index (χ1) is 20.6. The lowest BCUT2D eigenvalue weighted by Gasteiger charge is -2.44. The van der Waals surface area contributed by atoms with Crippen LogP contribution in [0.25, 0.3) is 0 Å². The zero-order chi connectivity index (χ0) is 30.3. The van der Waals surface area contributed by atoms with Crippen molar-refractivity contribution in [3.8, 4) is 0 Å². The van der Waals surface area contributed by atoms with Crippen LogP contribution in [0.15, 0.2) is 121 Å². The average Bonchev–Trinajstić information content (AvgIpc) is 3.39. The van der Waals surface area contributed by atoms with Gasteiger partial charge in [-0.05, 0) is 39.9 Å². The summed E-state index contributed by atoms with van der Waals surface area (Å²) in [4.78, 5) is 16.6. The quantitative estimate of drug-likeness (QED) is 0.210. The lowest BCUT2D eigenvalue weighted by atomic mass is 9.80. The summed E-state index contributed by atoms with van der Waals surface area (Å²) in [5.41, 5.74) is 0.961. The Kier molecular flexibility index (Phi) is 7.70. The van der Waals surface area contributed by atoms with Crippen molar-refractivity contribution in [1.29, 1.82) is 0 Å². The normalized spacial score (nSPS) is 25.6. The molecule has 2 fully saturated rings. The minimum atomic E-state index is -2.83. The summed E-state index contributed by atoms with van der Waals surface area (Å²) in [6, 6.07) is 41.8. The number of ether oxygens (including phenoxy) is 1. The summed E-state index contributed by atoms with van der Waals surface area (Å²) in [5, 5.41) is 2.29. The number of carbonyl (C=O) groups excluding carboxylic acids is 1. The number of benzene rings is 4. The van der Waals surface area contributed by atoms with Crippen molar-refractivity contribution in [2.45, 2.75) is 70.4 Å². The van der Waals surface area contributed by atoms with Gasteiger partial charge in [0.1, 0.15) is 11.8 Å². The molecule has 0 bridgehead atoms. The van der Waals surface area contributed by atoms with E-state index in [1.807, 2.05) is 41.3 Å². The molecule has 43 heavy (non-hydrogen) atoms. The van der Waals surface area contributed by atoms with E-state index in [9.17, 15) is 4.79 Å². The lowest BCUT2D eigenvalue weighted by molar-refractivity contribution is -0.141. The summed E-state index contributed by atoms with van der Waals surface area (Å²) in [7, 11) is -2.83. The molecule has 0 N–H and O–H groups in total. The van der Waals surface area contributed by atoms with Gasteiger partial charge in [0.2, 0.25) is 5.91 Å². The van der Waals surface area contributed by atoms with E-state index in [1.165, 1.54) is 15.9 Å². The fraction of sp³-hybridized carbons (Fsp3) is 0.342. The minimum absolute atomic E-state index is 0.147. The van der Waals surface area contributed by atoms with Crippen LogP contribution in [0, 0.1) is 5.41 Å². The first-order valence-electron chi connectivity index (χ1n) is 15.4. The van der Waals surface area contributed by atoms with Crippen LogP contribution >= 0.6 is 0 Å². The van der Waals surface area contributed by atoms with Crippen molar-refractivity contribution < 1.29 is 14.0 Å². The molecular formula is C38H43NO3Si. The second-order valence-corrected chi connectivity index (χ2v) is 18.0. The highest BCUT2D eigenvalue weighted by atomic mass is 28.4. The Morgan fingerprint density at radius 3 is 1.79 bits per heavy atom. The predicted molar refractivity (Wildman–Crippen MR) is 176 cm³/mol. The number of fused-ring (bicyclic) bond motifs is 1. The highest BCUT2D eigenvalue weighted by molar-refractivity contribution is 6.99. The van der Waals surface area contributed by atoms with Gasteiger partial charge in [-0.1, -0.05) is 149 Å². The summed E-state index contributed by atoms with van der Waals surface area (Å²) < 4.78 is 14.4. The highest BCUT2D eigenvalue weighted by Gasteiger charge is 2.64. The van der Waals surface area contributed by atoms with Crippen LogP contribution in [0.2, 0.25) is 5.04 Å². The Morgan fingerprint density at radius 2 is 1.28 bits per heavy atom. The maximum absolute atomic E-state index is 14.6. The van der Waals surface area contributed by atoms with Gasteiger partial charge in [0.05, 0.1) is 18.1 Å². The molecule has 2 saturated heterocycles. The van der Waals surface area contributed by atoms with Gasteiger partial charge >= 0.3 is 0 Å². The molecule has 0 aromatic heterocycles. The van der Waals surface area contributed by atoms with Gasteiger partial charge < -0.3 is 14.1 Å². The maximum Gasteiger partial charge on any atom is 0.261 e. The van der Waals surface area contributed by atoms with Crippen LogP contribution in [0.1, 0.15) is 58.3 Å². The summed E-state index contributed by atoms with van der Waals surface area (Å²) in [5.74, 6) is 0.147. The van der Waals surface area contributed by atoms with Crippen LogP contribution in [0.3, 0.4) is 0 Å². The molecule has 4 nitrogen and oxygen atoms in total. The number of carbonyl (C=O) groups is 1. The first-order valence-corrected chi connectivity index (χ1v) is 17.3. The molecule has 0 unspecified atom stereocenters. The largest absolute Gasteiger partial charge is 0.405 e. The van der Waals surface area contributed by atoms with Crippen molar-refractivity contribution in [3.05, 3.63) is 132 Å². The van der Waals surface area contributed by atoms with Crippen LogP contribution in [-0.4, -0.2) is 37.5 Å². The van der Waals surface area contributed by atoms with E-state index in [1.54, 1.807) is 0 Å². The van der Waals surface area contributed by atoms with Crippen molar-refractivity contribution in [1.82, 2.24) is 4.90 Å². The molecule has 5 heteroatoms. The molecule has 0 saturated carbocycles. The summed E-state index contributed by atoms with van der Waals surface area (Å²) in [6.45, 7) is 11.5. The number of nitrogens with zero attached hydrogens (tertiary/aromatic N) is 1. The van der Waals surface area contributed by atoms with Crippen molar-refractivity contribution >= 4 is 24.6 Å². The van der Waals surface area contributed by atoms with Crippen molar-refractivity contribution in [2.75, 3.05) is 6.61 Å². The first kappa shape index (κ1) is 29.6. The minimum Gasteiger partial charge on any atom is -0.405 e. The number of amides is 1. The van der Waals surface area contributed by atoms with Crippen LogP contribution < -0.4 is 10.4 Å². The van der Waals surface area contributed by atoms with E-state index >= 15 is 0 Å². The molecule has 0 aliphatic carbocycles. The topological polar surface area (TPSA) is 38.8 Å². The van der Waals surface area contributed by atoms with Gasteiger partial charge in [-0.25, -0.2) is 0 Å². The molecule has 2 aliphatic rings. The monoisotopic (exact) mass is 589 g/mol. The van der Waals surface area contributed by atoms with Gasteiger partial charge in [0.25, 0.3) is 8.32 Å². The SMILES string of the molecule is CC(C)(C)[Si](OC[C@H]1[C@H](c2ccccc2)O[C@]2(C)C[C@@](C)(Cc3ccccc3)C(=O)N12)(c1ccccc1)c1ccccc1. The Hall–Kier alpha value is -3.51. The number of hydrogen-bond acceptors (Lipinski definition) is 3.